The van der Waals surface area contributed by atoms with Gasteiger partial charge in [-0.15, -0.1) is 0 Å². The van der Waals surface area contributed by atoms with Gasteiger partial charge in [0.05, 0.1) is 5.69 Å². The van der Waals surface area contributed by atoms with Crippen LogP contribution < -0.4 is 19.9 Å². The van der Waals surface area contributed by atoms with E-state index in [9.17, 15) is 0 Å². The van der Waals surface area contributed by atoms with Crippen LogP contribution in [0.3, 0.4) is 0 Å². The predicted octanol–water partition coefficient (Wildman–Crippen LogP) is 3.14. The Morgan fingerprint density at radius 3 is 2.53 bits per heavy atom. The maximum absolute atomic E-state index is 5.97. The number of hydrogen-bond donors (Lipinski definition) is 1. The molecule has 0 radical (unpaired) electrons. The number of ether oxygens (including phenoxy) is 3. The van der Waals surface area contributed by atoms with Gasteiger partial charge in [0, 0.05) is 12.1 Å². The molecule has 1 aliphatic rings. The molecule has 98 valence electrons. The molecule has 4 nitrogen and oxygen atoms in total. The normalized spacial score (nSPS) is 13.1. The zero-order valence-corrected chi connectivity index (χ0v) is 10.7. The van der Waals surface area contributed by atoms with Gasteiger partial charge >= 0.3 is 0 Å². The van der Waals surface area contributed by atoms with Gasteiger partial charge in [0.15, 0.2) is 17.2 Å². The number of anilines is 1. The van der Waals surface area contributed by atoms with Crippen molar-refractivity contribution >= 4 is 5.69 Å². The Balaban J connectivity index is 1.92. The zero-order chi connectivity index (χ0) is 13.2. The van der Waals surface area contributed by atoms with Crippen LogP contribution in [0.2, 0.25) is 0 Å². The van der Waals surface area contributed by atoms with E-state index in [-0.39, 0.29) is 0 Å². The average molecular weight is 257 g/mol. The molecule has 0 bridgehead atoms. The minimum Gasteiger partial charge on any atom is -0.486 e. The summed E-state index contributed by atoms with van der Waals surface area (Å²) in [5.41, 5.74) is 7.64. The van der Waals surface area contributed by atoms with Crippen molar-refractivity contribution in [1.82, 2.24) is 0 Å². The lowest BCUT2D eigenvalue weighted by molar-refractivity contribution is 0.171. The van der Waals surface area contributed by atoms with Crippen molar-refractivity contribution in [1.29, 1.82) is 0 Å². The largest absolute Gasteiger partial charge is 0.486 e. The highest BCUT2D eigenvalue weighted by molar-refractivity contribution is 5.63. The predicted molar refractivity (Wildman–Crippen MR) is 73.1 cm³/mol. The Labute approximate surface area is 111 Å². The van der Waals surface area contributed by atoms with Gasteiger partial charge in [-0.2, -0.15) is 0 Å². The van der Waals surface area contributed by atoms with Gasteiger partial charge in [-0.1, -0.05) is 12.1 Å². The van der Waals surface area contributed by atoms with Gasteiger partial charge in [0.25, 0.3) is 0 Å². The molecule has 0 saturated carbocycles. The van der Waals surface area contributed by atoms with E-state index >= 15 is 0 Å². The molecular weight excluding hydrogens is 242 g/mol. The molecule has 2 aromatic rings. The van der Waals surface area contributed by atoms with Crippen LogP contribution in [0.4, 0.5) is 5.69 Å². The van der Waals surface area contributed by atoms with Crippen molar-refractivity contribution in [3.63, 3.8) is 0 Å². The fourth-order valence-electron chi connectivity index (χ4n) is 1.98. The number of nitrogen functional groups attached to an aromatic ring is 1. The Hall–Kier alpha value is -2.36. The maximum atomic E-state index is 5.97. The number of hydrogen-bond acceptors (Lipinski definition) is 4. The SMILES string of the molecule is Cc1cccc(Oc2cc3c(cc2N)OCCO3)c1. The number of aryl methyl sites for hydroxylation is 1. The van der Waals surface area contributed by atoms with Gasteiger partial charge in [-0.05, 0) is 24.6 Å². The van der Waals surface area contributed by atoms with Gasteiger partial charge in [0.2, 0.25) is 0 Å². The average Bonchev–Trinajstić information content (AvgIpc) is 2.40. The van der Waals surface area contributed by atoms with Gasteiger partial charge in [-0.25, -0.2) is 0 Å². The van der Waals surface area contributed by atoms with E-state index in [0.717, 1.165) is 11.3 Å². The lowest BCUT2D eigenvalue weighted by Crippen LogP contribution is -2.15. The first-order valence-corrected chi connectivity index (χ1v) is 6.16. The van der Waals surface area contributed by atoms with Crippen molar-refractivity contribution in [3.8, 4) is 23.0 Å². The number of benzene rings is 2. The second-order valence-electron chi connectivity index (χ2n) is 4.45. The molecule has 2 aromatic carbocycles. The van der Waals surface area contributed by atoms with Crippen LogP contribution in [-0.2, 0) is 0 Å². The van der Waals surface area contributed by atoms with E-state index < -0.39 is 0 Å². The molecule has 1 aliphatic heterocycles. The molecule has 0 saturated heterocycles. The fourth-order valence-corrected chi connectivity index (χ4v) is 1.98. The molecule has 2 N–H and O–H groups in total. The van der Waals surface area contributed by atoms with E-state index in [1.165, 1.54) is 0 Å². The van der Waals surface area contributed by atoms with E-state index in [1.54, 1.807) is 12.1 Å². The molecule has 19 heavy (non-hydrogen) atoms. The topological polar surface area (TPSA) is 53.7 Å². The van der Waals surface area contributed by atoms with E-state index in [0.29, 0.717) is 36.1 Å². The lowest BCUT2D eigenvalue weighted by Gasteiger charge is -2.20. The summed E-state index contributed by atoms with van der Waals surface area (Å²) >= 11 is 0. The summed E-state index contributed by atoms with van der Waals surface area (Å²) < 4.78 is 16.8. The second kappa shape index (κ2) is 4.72. The summed E-state index contributed by atoms with van der Waals surface area (Å²) in [6.45, 7) is 3.10. The quantitative estimate of drug-likeness (QED) is 0.840. The Kier molecular flexibility index (Phi) is 2.91. The van der Waals surface area contributed by atoms with E-state index in [4.69, 9.17) is 19.9 Å². The highest BCUT2D eigenvalue weighted by atomic mass is 16.6. The first-order chi connectivity index (χ1) is 9.22. The van der Waals surface area contributed by atoms with Gasteiger partial charge < -0.3 is 19.9 Å². The van der Waals surface area contributed by atoms with Crippen molar-refractivity contribution in [2.75, 3.05) is 18.9 Å². The minimum absolute atomic E-state index is 0.533. The summed E-state index contributed by atoms with van der Waals surface area (Å²) in [7, 11) is 0. The molecule has 0 amide bonds. The molecule has 4 heteroatoms. The molecule has 0 aliphatic carbocycles. The minimum atomic E-state index is 0.533. The monoisotopic (exact) mass is 257 g/mol. The van der Waals surface area contributed by atoms with Crippen molar-refractivity contribution in [3.05, 3.63) is 42.0 Å². The highest BCUT2D eigenvalue weighted by Crippen LogP contribution is 2.39. The Morgan fingerprint density at radius 2 is 1.79 bits per heavy atom. The van der Waals surface area contributed by atoms with Crippen molar-refractivity contribution in [2.45, 2.75) is 6.92 Å². The van der Waals surface area contributed by atoms with E-state index in [1.807, 2.05) is 31.2 Å². The molecule has 0 unspecified atom stereocenters. The van der Waals surface area contributed by atoms with E-state index in [2.05, 4.69) is 0 Å². The van der Waals surface area contributed by atoms with Gasteiger partial charge in [0.1, 0.15) is 19.0 Å². The summed E-state index contributed by atoms with van der Waals surface area (Å²) in [6, 6.07) is 11.3. The standard InChI is InChI=1S/C15H15NO3/c1-10-3-2-4-11(7-10)19-13-9-15-14(8-12(13)16)17-5-6-18-15/h2-4,7-9H,5-6,16H2,1H3. The molecule has 0 spiro atoms. The van der Waals surface area contributed by atoms with Crippen LogP contribution in [0.25, 0.3) is 0 Å². The third-order valence-corrected chi connectivity index (χ3v) is 2.89. The highest BCUT2D eigenvalue weighted by Gasteiger charge is 2.15. The van der Waals surface area contributed by atoms with Crippen LogP contribution in [0.15, 0.2) is 36.4 Å². The number of nitrogens with two attached hydrogens (primary N) is 1. The van der Waals surface area contributed by atoms with Gasteiger partial charge in [-0.3, -0.25) is 0 Å². The Bertz CT molecular complexity index is 610. The first kappa shape index (κ1) is 11.7. The zero-order valence-electron chi connectivity index (χ0n) is 10.7. The molecule has 0 aromatic heterocycles. The molecule has 0 atom stereocenters. The van der Waals surface area contributed by atoms with Crippen molar-refractivity contribution in [2.24, 2.45) is 0 Å². The maximum Gasteiger partial charge on any atom is 0.165 e. The smallest absolute Gasteiger partial charge is 0.165 e. The van der Waals surface area contributed by atoms with Crippen LogP contribution >= 0.6 is 0 Å². The number of fused-ring (bicyclic) bond motifs is 1. The molecule has 0 fully saturated rings. The fraction of sp³-hybridized carbons (Fsp3) is 0.200. The Morgan fingerprint density at radius 1 is 1.05 bits per heavy atom. The number of rotatable bonds is 2. The van der Waals surface area contributed by atoms with Crippen molar-refractivity contribution < 1.29 is 14.2 Å². The van der Waals surface area contributed by atoms with Crippen LogP contribution in [0, 0.1) is 6.92 Å². The third kappa shape index (κ3) is 2.42. The summed E-state index contributed by atoms with van der Waals surface area (Å²) in [5, 5.41) is 0. The third-order valence-electron chi connectivity index (χ3n) is 2.89. The van der Waals surface area contributed by atoms with Crippen LogP contribution in [0.1, 0.15) is 5.56 Å². The molecular formula is C15H15NO3. The lowest BCUT2D eigenvalue weighted by atomic mass is 10.2. The molecule has 3 rings (SSSR count). The van der Waals surface area contributed by atoms with Crippen LogP contribution in [0.5, 0.6) is 23.0 Å². The first-order valence-electron chi connectivity index (χ1n) is 6.16. The summed E-state index contributed by atoms with van der Waals surface area (Å²) in [5.74, 6) is 2.67. The second-order valence-corrected chi connectivity index (χ2v) is 4.45. The van der Waals surface area contributed by atoms with Crippen LogP contribution in [-0.4, -0.2) is 13.2 Å². The summed E-state index contributed by atoms with van der Waals surface area (Å²) in [6.07, 6.45) is 0. The summed E-state index contributed by atoms with van der Waals surface area (Å²) in [4.78, 5) is 0. The molecule has 1 heterocycles.